The van der Waals surface area contributed by atoms with Crippen molar-refractivity contribution in [2.75, 3.05) is 5.32 Å². The van der Waals surface area contributed by atoms with E-state index >= 15 is 0 Å². The molecule has 5 nitrogen and oxygen atoms in total. The average molecular weight is 574 g/mol. The van der Waals surface area contributed by atoms with E-state index in [-0.39, 0.29) is 45.8 Å². The molecule has 3 aromatic rings. The lowest BCUT2D eigenvalue weighted by Crippen LogP contribution is -2.45. The van der Waals surface area contributed by atoms with E-state index in [2.05, 4.69) is 17.2 Å². The lowest BCUT2D eigenvalue weighted by molar-refractivity contribution is 0.0340. The van der Waals surface area contributed by atoms with Gasteiger partial charge in [0.25, 0.3) is 5.91 Å². The van der Waals surface area contributed by atoms with Gasteiger partial charge in [-0.3, -0.25) is 4.79 Å². The molecule has 0 spiro atoms. The standard InChI is InChI=1S/C29H23ClF3NO4S/c30-22-9-8-18(28(35)34-21-13-23(31)26(33)24(32)14-21)12-25(22)39(37,38)27-19-6-7-20(27)16-29(36,15-19)11-10-17-4-2-1-3-5-17/h1-5,8-9,12-14,19-20,27,36H,6-7,15-16H2,(H,34,35)/t19-,20?,27?,29+/m1/s1. The van der Waals surface area contributed by atoms with Gasteiger partial charge in [0.1, 0.15) is 5.60 Å². The van der Waals surface area contributed by atoms with E-state index in [4.69, 9.17) is 11.6 Å². The Labute approximate surface area is 228 Å². The van der Waals surface area contributed by atoms with Gasteiger partial charge < -0.3 is 10.4 Å². The molecular formula is C29H23ClF3NO4S. The number of carbonyl (C=O) groups is 1. The van der Waals surface area contributed by atoms with Gasteiger partial charge in [0.2, 0.25) is 0 Å². The quantitative estimate of drug-likeness (QED) is 0.307. The molecule has 0 saturated heterocycles. The lowest BCUT2D eigenvalue weighted by atomic mass is 9.77. The Morgan fingerprint density at radius 3 is 2.21 bits per heavy atom. The molecule has 0 heterocycles. The summed E-state index contributed by atoms with van der Waals surface area (Å²) in [6.07, 6.45) is 1.58. The van der Waals surface area contributed by atoms with Crippen LogP contribution in [0.15, 0.2) is 65.6 Å². The first-order valence-corrected chi connectivity index (χ1v) is 14.2. The molecule has 39 heavy (non-hydrogen) atoms. The van der Waals surface area contributed by atoms with Crippen LogP contribution in [0.25, 0.3) is 0 Å². The minimum absolute atomic E-state index is 0.0745. The Hall–Kier alpha value is -3.32. The van der Waals surface area contributed by atoms with Crippen molar-refractivity contribution >= 4 is 33.0 Å². The highest BCUT2D eigenvalue weighted by molar-refractivity contribution is 7.92. The Kier molecular flexibility index (Phi) is 7.23. The van der Waals surface area contributed by atoms with Crippen LogP contribution in [0.2, 0.25) is 5.02 Å². The molecule has 202 valence electrons. The van der Waals surface area contributed by atoms with E-state index < -0.39 is 44.0 Å². The molecule has 2 aliphatic carbocycles. The van der Waals surface area contributed by atoms with Crippen molar-refractivity contribution in [3.05, 3.63) is 94.3 Å². The van der Waals surface area contributed by atoms with E-state index in [0.717, 1.165) is 11.6 Å². The van der Waals surface area contributed by atoms with Gasteiger partial charge in [-0.15, -0.1) is 0 Å². The first-order valence-electron chi connectivity index (χ1n) is 12.3. The van der Waals surface area contributed by atoms with E-state index in [9.17, 15) is 31.5 Å². The van der Waals surface area contributed by atoms with Crippen LogP contribution in [-0.4, -0.2) is 30.3 Å². The van der Waals surface area contributed by atoms with Gasteiger partial charge in [-0.05, 0) is 67.9 Å². The zero-order valence-electron chi connectivity index (χ0n) is 20.4. The van der Waals surface area contributed by atoms with Crippen LogP contribution in [0.3, 0.4) is 0 Å². The summed E-state index contributed by atoms with van der Waals surface area (Å²) in [5.74, 6) is -0.271. The molecular weight excluding hydrogens is 551 g/mol. The van der Waals surface area contributed by atoms with Gasteiger partial charge in [-0.25, -0.2) is 21.6 Å². The number of benzene rings is 3. The summed E-state index contributed by atoms with van der Waals surface area (Å²) in [5, 5.41) is 12.6. The van der Waals surface area contributed by atoms with Gasteiger partial charge in [0.15, 0.2) is 27.3 Å². The summed E-state index contributed by atoms with van der Waals surface area (Å²) in [4.78, 5) is 12.5. The largest absolute Gasteiger partial charge is 0.378 e. The minimum Gasteiger partial charge on any atom is -0.378 e. The number of amides is 1. The minimum atomic E-state index is -4.03. The van der Waals surface area contributed by atoms with Gasteiger partial charge in [0.05, 0.1) is 15.2 Å². The highest BCUT2D eigenvalue weighted by atomic mass is 35.5. The van der Waals surface area contributed by atoms with Crippen molar-refractivity contribution in [3.63, 3.8) is 0 Å². The van der Waals surface area contributed by atoms with Crippen LogP contribution >= 0.6 is 11.6 Å². The number of carbonyl (C=O) groups excluding carboxylic acids is 1. The van der Waals surface area contributed by atoms with Gasteiger partial charge in [0, 0.05) is 28.9 Å². The van der Waals surface area contributed by atoms with E-state index in [1.54, 1.807) is 0 Å². The molecule has 0 aromatic heterocycles. The van der Waals surface area contributed by atoms with Crippen LogP contribution in [-0.2, 0) is 9.84 Å². The SMILES string of the molecule is O=C(Nc1cc(F)c(F)c(F)c1)c1ccc(Cl)c(S(=O)(=O)C2C3CC[C@@H]2C[C@@](O)(C#Cc2ccccc2)C3)c1. The van der Waals surface area contributed by atoms with Crippen LogP contribution in [0.1, 0.15) is 41.6 Å². The number of sulfone groups is 1. The number of hydrogen-bond acceptors (Lipinski definition) is 4. The normalized spacial score (nSPS) is 24.1. The predicted molar refractivity (Wildman–Crippen MR) is 140 cm³/mol. The topological polar surface area (TPSA) is 83.5 Å². The Bertz CT molecular complexity index is 1580. The Morgan fingerprint density at radius 2 is 1.59 bits per heavy atom. The maximum Gasteiger partial charge on any atom is 0.255 e. The number of nitrogens with one attached hydrogen (secondary N) is 1. The first-order chi connectivity index (χ1) is 18.5. The second kappa shape index (κ2) is 10.3. The number of hydrogen-bond donors (Lipinski definition) is 2. The smallest absolute Gasteiger partial charge is 0.255 e. The molecule has 2 fully saturated rings. The molecule has 2 saturated carbocycles. The van der Waals surface area contributed by atoms with Crippen molar-refractivity contribution in [3.8, 4) is 11.8 Å². The van der Waals surface area contributed by atoms with Crippen LogP contribution < -0.4 is 5.32 Å². The zero-order chi connectivity index (χ0) is 27.9. The highest BCUT2D eigenvalue weighted by Gasteiger charge is 2.54. The molecule has 5 rings (SSSR count). The summed E-state index contributed by atoms with van der Waals surface area (Å²) in [6, 6.07) is 14.1. The monoisotopic (exact) mass is 573 g/mol. The highest BCUT2D eigenvalue weighted by Crippen LogP contribution is 2.51. The zero-order valence-corrected chi connectivity index (χ0v) is 22.0. The molecule has 4 atom stereocenters. The lowest BCUT2D eigenvalue weighted by Gasteiger charge is -2.38. The van der Waals surface area contributed by atoms with Crippen molar-refractivity contribution in [1.29, 1.82) is 0 Å². The van der Waals surface area contributed by atoms with E-state index in [0.29, 0.717) is 25.0 Å². The Morgan fingerprint density at radius 1 is 0.974 bits per heavy atom. The molecule has 0 aliphatic heterocycles. The molecule has 0 radical (unpaired) electrons. The number of rotatable bonds is 4. The molecule has 10 heteroatoms. The van der Waals surface area contributed by atoms with E-state index in [1.807, 2.05) is 30.3 Å². The summed E-state index contributed by atoms with van der Waals surface area (Å²) in [7, 11) is -4.03. The number of aliphatic hydroxyl groups is 1. The first kappa shape index (κ1) is 27.3. The third kappa shape index (κ3) is 5.42. The molecule has 2 aliphatic rings. The molecule has 2 unspecified atom stereocenters. The maximum atomic E-state index is 13.8. The van der Waals surface area contributed by atoms with E-state index in [1.165, 1.54) is 12.1 Å². The summed E-state index contributed by atoms with van der Waals surface area (Å²) >= 11 is 6.29. The number of anilines is 1. The second-order valence-corrected chi connectivity index (χ2v) is 12.5. The van der Waals surface area contributed by atoms with Crippen molar-refractivity contribution < 1.29 is 31.5 Å². The third-order valence-corrected chi connectivity index (χ3v) is 10.2. The fourth-order valence-electron chi connectivity index (χ4n) is 5.69. The third-order valence-electron chi connectivity index (χ3n) is 7.35. The molecule has 2 N–H and O–H groups in total. The van der Waals surface area contributed by atoms with Crippen molar-refractivity contribution in [2.24, 2.45) is 11.8 Å². The van der Waals surface area contributed by atoms with Crippen LogP contribution in [0.4, 0.5) is 18.9 Å². The fraction of sp³-hybridized carbons (Fsp3) is 0.276. The number of fused-ring (bicyclic) bond motifs is 2. The van der Waals surface area contributed by atoms with Crippen molar-refractivity contribution in [2.45, 2.75) is 41.4 Å². The maximum absolute atomic E-state index is 13.8. The van der Waals surface area contributed by atoms with Crippen molar-refractivity contribution in [1.82, 2.24) is 0 Å². The molecule has 2 bridgehead atoms. The predicted octanol–water partition coefficient (Wildman–Crippen LogP) is 5.75. The molecule has 3 aromatic carbocycles. The summed E-state index contributed by atoms with van der Waals surface area (Å²) in [5.41, 5.74) is -1.02. The summed E-state index contributed by atoms with van der Waals surface area (Å²) in [6.45, 7) is 0. The molecule has 1 amide bonds. The van der Waals surface area contributed by atoms with Gasteiger partial charge >= 0.3 is 0 Å². The Balaban J connectivity index is 1.39. The number of halogens is 4. The van der Waals surface area contributed by atoms with Gasteiger partial charge in [-0.1, -0.05) is 41.6 Å². The van der Waals surface area contributed by atoms with Crippen LogP contribution in [0.5, 0.6) is 0 Å². The second-order valence-electron chi connectivity index (χ2n) is 10.0. The van der Waals surface area contributed by atoms with Crippen LogP contribution in [0, 0.1) is 41.1 Å². The van der Waals surface area contributed by atoms with Gasteiger partial charge in [-0.2, -0.15) is 0 Å². The summed E-state index contributed by atoms with van der Waals surface area (Å²) < 4.78 is 68.0. The average Bonchev–Trinajstić information content (AvgIpc) is 3.20. The fourth-order valence-corrected chi connectivity index (χ4v) is 8.53.